The Hall–Kier alpha value is -1.96. The lowest BCUT2D eigenvalue weighted by Crippen LogP contribution is -2.44. The Morgan fingerprint density at radius 1 is 1.04 bits per heavy atom. The van der Waals surface area contributed by atoms with E-state index >= 15 is 0 Å². The maximum Gasteiger partial charge on any atom is 0.189 e. The molecule has 2 aromatic carbocycles. The minimum absolute atomic E-state index is 0. The molecule has 0 saturated carbocycles. The zero-order valence-electron chi connectivity index (χ0n) is 15.8. The zero-order chi connectivity index (χ0) is 18.3. The van der Waals surface area contributed by atoms with Gasteiger partial charge in [-0.25, -0.2) is 4.99 Å². The lowest BCUT2D eigenvalue weighted by atomic mass is 10.1. The summed E-state index contributed by atoms with van der Waals surface area (Å²) < 4.78 is 11.3. The van der Waals surface area contributed by atoms with Gasteiger partial charge in [-0.2, -0.15) is 0 Å². The van der Waals surface area contributed by atoms with Crippen LogP contribution in [0.2, 0.25) is 0 Å². The molecule has 0 aliphatic carbocycles. The molecule has 0 saturated heterocycles. The van der Waals surface area contributed by atoms with E-state index in [0.717, 1.165) is 11.1 Å². The van der Waals surface area contributed by atoms with Crippen molar-refractivity contribution in [3.63, 3.8) is 0 Å². The van der Waals surface area contributed by atoms with Crippen LogP contribution >= 0.6 is 24.0 Å². The summed E-state index contributed by atoms with van der Waals surface area (Å²) >= 11 is 0. The van der Waals surface area contributed by atoms with Gasteiger partial charge in [-0.1, -0.05) is 36.4 Å². The first kappa shape index (κ1) is 22.1. The highest BCUT2D eigenvalue weighted by atomic mass is 127. The van der Waals surface area contributed by atoms with Crippen LogP contribution in [0.1, 0.15) is 31.9 Å². The molecule has 0 spiro atoms. The predicted molar refractivity (Wildman–Crippen MR) is 117 cm³/mol. The standard InChI is InChI=1S/C20H27N3O2.HI/c1-20(2,3)23-19(21)22-13-16-10-11-17(18(12-16)24-4)25-14-15-8-6-5-7-9-15;/h5-12H,13-14H2,1-4H3,(H3,21,22,23);1H. The summed E-state index contributed by atoms with van der Waals surface area (Å²) in [5.74, 6) is 1.82. The lowest BCUT2D eigenvalue weighted by Gasteiger charge is -2.21. The third-order valence-corrected chi connectivity index (χ3v) is 3.40. The topological polar surface area (TPSA) is 68.9 Å². The highest BCUT2D eigenvalue weighted by Gasteiger charge is 2.10. The van der Waals surface area contributed by atoms with Crippen LogP contribution in [0, 0.1) is 0 Å². The first-order valence-corrected chi connectivity index (χ1v) is 8.29. The molecule has 0 aliphatic rings. The Morgan fingerprint density at radius 3 is 2.35 bits per heavy atom. The molecule has 0 aliphatic heterocycles. The van der Waals surface area contributed by atoms with E-state index in [1.54, 1.807) is 7.11 Å². The first-order valence-electron chi connectivity index (χ1n) is 8.29. The minimum atomic E-state index is -0.111. The Kier molecular flexibility index (Phi) is 8.71. The maximum absolute atomic E-state index is 5.90. The molecule has 0 bridgehead atoms. The molecule has 26 heavy (non-hydrogen) atoms. The van der Waals surface area contributed by atoms with Crippen molar-refractivity contribution in [3.8, 4) is 11.5 Å². The van der Waals surface area contributed by atoms with Crippen molar-refractivity contribution in [1.29, 1.82) is 0 Å². The van der Waals surface area contributed by atoms with Crippen molar-refractivity contribution in [3.05, 3.63) is 59.7 Å². The molecule has 0 radical (unpaired) electrons. The molecule has 2 rings (SSSR count). The van der Waals surface area contributed by atoms with Crippen LogP contribution in [0.4, 0.5) is 0 Å². The number of ether oxygens (including phenoxy) is 2. The summed E-state index contributed by atoms with van der Waals surface area (Å²) in [7, 11) is 1.63. The molecule has 2 aromatic rings. The second-order valence-corrected chi connectivity index (χ2v) is 6.84. The number of hydrogen-bond donors (Lipinski definition) is 2. The van der Waals surface area contributed by atoms with Gasteiger partial charge in [-0.15, -0.1) is 24.0 Å². The van der Waals surface area contributed by atoms with Crippen LogP contribution < -0.4 is 20.5 Å². The normalized spacial score (nSPS) is 11.5. The van der Waals surface area contributed by atoms with Crippen LogP contribution in [0.15, 0.2) is 53.5 Å². The largest absolute Gasteiger partial charge is 0.493 e. The van der Waals surface area contributed by atoms with Gasteiger partial charge in [0.1, 0.15) is 6.61 Å². The number of nitrogens with zero attached hydrogens (tertiary/aromatic N) is 1. The molecule has 5 nitrogen and oxygen atoms in total. The molecule has 3 N–H and O–H groups in total. The van der Waals surface area contributed by atoms with E-state index in [0.29, 0.717) is 30.6 Å². The second-order valence-electron chi connectivity index (χ2n) is 6.84. The van der Waals surface area contributed by atoms with Crippen molar-refractivity contribution in [2.24, 2.45) is 10.7 Å². The van der Waals surface area contributed by atoms with Gasteiger partial charge in [0.15, 0.2) is 17.5 Å². The van der Waals surface area contributed by atoms with Gasteiger partial charge in [-0.3, -0.25) is 0 Å². The van der Waals surface area contributed by atoms with Crippen molar-refractivity contribution in [2.75, 3.05) is 7.11 Å². The molecule has 0 unspecified atom stereocenters. The smallest absolute Gasteiger partial charge is 0.189 e. The van der Waals surface area contributed by atoms with Crippen LogP contribution in [0.25, 0.3) is 0 Å². The monoisotopic (exact) mass is 469 g/mol. The van der Waals surface area contributed by atoms with Crippen LogP contribution in [-0.4, -0.2) is 18.6 Å². The number of nitrogens with one attached hydrogen (secondary N) is 1. The quantitative estimate of drug-likeness (QED) is 0.380. The molecule has 0 amide bonds. The van der Waals surface area contributed by atoms with Gasteiger partial charge in [0.2, 0.25) is 0 Å². The van der Waals surface area contributed by atoms with Gasteiger partial charge in [0.05, 0.1) is 13.7 Å². The Labute approximate surface area is 173 Å². The lowest BCUT2D eigenvalue weighted by molar-refractivity contribution is 0.284. The van der Waals surface area contributed by atoms with Gasteiger partial charge >= 0.3 is 0 Å². The van der Waals surface area contributed by atoms with E-state index in [-0.39, 0.29) is 29.5 Å². The summed E-state index contributed by atoms with van der Waals surface area (Å²) in [6, 6.07) is 15.8. The Morgan fingerprint density at radius 2 is 1.73 bits per heavy atom. The Balaban J connectivity index is 0.00000338. The first-order chi connectivity index (χ1) is 11.9. The van der Waals surface area contributed by atoms with E-state index in [4.69, 9.17) is 15.2 Å². The molecule has 0 aromatic heterocycles. The van der Waals surface area contributed by atoms with Crippen LogP contribution in [0.5, 0.6) is 11.5 Å². The number of rotatable bonds is 6. The number of guanidine groups is 1. The van der Waals surface area contributed by atoms with Gasteiger partial charge in [-0.05, 0) is 44.0 Å². The van der Waals surface area contributed by atoms with Crippen molar-refractivity contribution in [1.82, 2.24) is 5.32 Å². The number of halogens is 1. The molecular weight excluding hydrogens is 441 g/mol. The van der Waals surface area contributed by atoms with E-state index < -0.39 is 0 Å². The Bertz CT molecular complexity index is 713. The summed E-state index contributed by atoms with van der Waals surface area (Å²) in [5, 5.41) is 3.14. The fraction of sp³-hybridized carbons (Fsp3) is 0.350. The third kappa shape index (κ3) is 7.51. The summed E-state index contributed by atoms with van der Waals surface area (Å²) in [4.78, 5) is 4.37. The average molecular weight is 469 g/mol. The summed E-state index contributed by atoms with van der Waals surface area (Å²) in [6.45, 7) is 7.09. The zero-order valence-corrected chi connectivity index (χ0v) is 18.1. The highest BCUT2D eigenvalue weighted by molar-refractivity contribution is 14.0. The van der Waals surface area contributed by atoms with E-state index in [9.17, 15) is 0 Å². The molecule has 0 fully saturated rings. The summed E-state index contributed by atoms with van der Waals surface area (Å²) in [6.07, 6.45) is 0. The number of nitrogens with two attached hydrogens (primary N) is 1. The van der Waals surface area contributed by atoms with Crippen molar-refractivity contribution < 1.29 is 9.47 Å². The van der Waals surface area contributed by atoms with E-state index in [2.05, 4.69) is 10.3 Å². The van der Waals surface area contributed by atoms with Gasteiger partial charge in [0.25, 0.3) is 0 Å². The molecule has 6 heteroatoms. The average Bonchev–Trinajstić information content (AvgIpc) is 2.58. The molecule has 142 valence electrons. The number of methoxy groups -OCH3 is 1. The number of aliphatic imine (C=N–C) groups is 1. The minimum Gasteiger partial charge on any atom is -0.493 e. The highest BCUT2D eigenvalue weighted by Crippen LogP contribution is 2.29. The van der Waals surface area contributed by atoms with Crippen molar-refractivity contribution in [2.45, 2.75) is 39.5 Å². The van der Waals surface area contributed by atoms with Crippen LogP contribution in [-0.2, 0) is 13.2 Å². The van der Waals surface area contributed by atoms with Crippen molar-refractivity contribution >= 4 is 29.9 Å². The van der Waals surface area contributed by atoms with E-state index in [1.165, 1.54) is 0 Å². The SMILES string of the molecule is COc1cc(CN=C(N)NC(C)(C)C)ccc1OCc1ccccc1.I. The van der Waals surface area contributed by atoms with Gasteiger partial charge in [0, 0.05) is 5.54 Å². The molecule has 0 atom stereocenters. The number of benzene rings is 2. The van der Waals surface area contributed by atoms with Crippen LogP contribution in [0.3, 0.4) is 0 Å². The third-order valence-electron chi connectivity index (χ3n) is 3.40. The van der Waals surface area contributed by atoms with Gasteiger partial charge < -0.3 is 20.5 Å². The van der Waals surface area contributed by atoms with E-state index in [1.807, 2.05) is 69.3 Å². The fourth-order valence-electron chi connectivity index (χ4n) is 2.27. The molecular formula is C20H28IN3O2. The summed E-state index contributed by atoms with van der Waals surface area (Å²) in [5.41, 5.74) is 7.91. The fourth-order valence-corrected chi connectivity index (χ4v) is 2.27. The molecule has 0 heterocycles. The number of hydrogen-bond acceptors (Lipinski definition) is 3. The second kappa shape index (κ2) is 10.3. The maximum atomic E-state index is 5.90. The predicted octanol–water partition coefficient (Wildman–Crippen LogP) is 4.10.